The number of aromatic nitrogens is 4. The summed E-state index contributed by atoms with van der Waals surface area (Å²) in [5.74, 6) is 2.31. The van der Waals surface area contributed by atoms with Crippen LogP contribution in [0.4, 0.5) is 5.82 Å². The van der Waals surface area contributed by atoms with Gasteiger partial charge < -0.3 is 14.6 Å². The molecule has 0 radical (unpaired) electrons. The Labute approximate surface area is 122 Å². The molecule has 3 heterocycles. The van der Waals surface area contributed by atoms with Gasteiger partial charge in [0.1, 0.15) is 11.6 Å². The van der Waals surface area contributed by atoms with Gasteiger partial charge >= 0.3 is 5.97 Å². The minimum Gasteiger partial charge on any atom is -0.462 e. The Morgan fingerprint density at radius 2 is 2.33 bits per heavy atom. The van der Waals surface area contributed by atoms with E-state index >= 15 is 0 Å². The Kier molecular flexibility index (Phi) is 3.81. The number of hydrogen-bond acceptors (Lipinski definition) is 6. The molecule has 2 aromatic rings. The zero-order chi connectivity index (χ0) is 14.7. The quantitative estimate of drug-likeness (QED) is 0.837. The number of nitrogens with zero attached hydrogens (tertiary/aromatic N) is 4. The molecule has 21 heavy (non-hydrogen) atoms. The van der Waals surface area contributed by atoms with Gasteiger partial charge in [0, 0.05) is 19.2 Å². The van der Waals surface area contributed by atoms with Crippen LogP contribution in [0.15, 0.2) is 18.3 Å². The van der Waals surface area contributed by atoms with Crippen molar-refractivity contribution in [1.82, 2.24) is 19.7 Å². The summed E-state index contributed by atoms with van der Waals surface area (Å²) in [6.45, 7) is 3.68. The zero-order valence-corrected chi connectivity index (χ0v) is 11.9. The Hall–Kier alpha value is -2.44. The fourth-order valence-electron chi connectivity index (χ4n) is 2.34. The van der Waals surface area contributed by atoms with Gasteiger partial charge in [0.25, 0.3) is 0 Å². The predicted molar refractivity (Wildman–Crippen MR) is 75.9 cm³/mol. The number of pyridine rings is 1. The molecule has 0 aliphatic carbocycles. The molecule has 0 bridgehead atoms. The van der Waals surface area contributed by atoms with Crippen molar-refractivity contribution in [2.75, 3.05) is 11.9 Å². The van der Waals surface area contributed by atoms with Gasteiger partial charge in [0.05, 0.1) is 18.7 Å². The third kappa shape index (κ3) is 2.86. The molecule has 1 aliphatic rings. The minimum absolute atomic E-state index is 0.355. The van der Waals surface area contributed by atoms with E-state index < -0.39 is 0 Å². The van der Waals surface area contributed by atoms with E-state index in [-0.39, 0.29) is 5.97 Å². The van der Waals surface area contributed by atoms with Crippen LogP contribution in [0.25, 0.3) is 0 Å². The highest BCUT2D eigenvalue weighted by molar-refractivity contribution is 5.89. The average Bonchev–Trinajstić information content (AvgIpc) is 3.09. The van der Waals surface area contributed by atoms with Crippen LogP contribution in [0.3, 0.4) is 0 Å². The lowest BCUT2D eigenvalue weighted by Gasteiger charge is -2.07. The molecule has 0 spiro atoms. The Morgan fingerprint density at radius 1 is 1.43 bits per heavy atom. The maximum absolute atomic E-state index is 11.5. The first-order chi connectivity index (χ1) is 10.3. The van der Waals surface area contributed by atoms with Crippen molar-refractivity contribution in [2.45, 2.75) is 32.9 Å². The van der Waals surface area contributed by atoms with Crippen LogP contribution in [0.1, 0.15) is 35.4 Å². The van der Waals surface area contributed by atoms with E-state index in [4.69, 9.17) is 4.74 Å². The number of rotatable bonds is 5. The first kappa shape index (κ1) is 13.5. The number of esters is 1. The number of aryl methyl sites for hydroxylation is 1. The van der Waals surface area contributed by atoms with Crippen LogP contribution in [0.5, 0.6) is 0 Å². The van der Waals surface area contributed by atoms with Crippen molar-refractivity contribution in [1.29, 1.82) is 0 Å². The van der Waals surface area contributed by atoms with Crippen molar-refractivity contribution < 1.29 is 9.53 Å². The van der Waals surface area contributed by atoms with E-state index in [0.29, 0.717) is 24.5 Å². The first-order valence-corrected chi connectivity index (χ1v) is 7.06. The lowest BCUT2D eigenvalue weighted by molar-refractivity contribution is 0.0526. The van der Waals surface area contributed by atoms with Crippen molar-refractivity contribution in [3.05, 3.63) is 35.5 Å². The van der Waals surface area contributed by atoms with E-state index in [9.17, 15) is 4.79 Å². The fourth-order valence-corrected chi connectivity index (χ4v) is 2.34. The summed E-state index contributed by atoms with van der Waals surface area (Å²) >= 11 is 0. The topological polar surface area (TPSA) is 81.9 Å². The summed E-state index contributed by atoms with van der Waals surface area (Å²) in [7, 11) is 0. The lowest BCUT2D eigenvalue weighted by atomic mass is 10.3. The predicted octanol–water partition coefficient (Wildman–Crippen LogP) is 1.41. The molecule has 1 aliphatic heterocycles. The number of ether oxygens (including phenoxy) is 1. The van der Waals surface area contributed by atoms with E-state index in [1.165, 1.54) is 6.20 Å². The Balaban J connectivity index is 1.61. The standard InChI is InChI=1S/C14H17N5O2/c1-2-21-14(20)10-5-6-11(15-8-10)16-9-13-18-17-12-4-3-7-19(12)13/h5-6,8H,2-4,7,9H2,1H3,(H,15,16). The van der Waals surface area contributed by atoms with Crippen LogP contribution in [0, 0.1) is 0 Å². The molecule has 0 fully saturated rings. The summed E-state index contributed by atoms with van der Waals surface area (Å²) in [6.07, 6.45) is 3.64. The van der Waals surface area contributed by atoms with Gasteiger partial charge in [0.15, 0.2) is 5.82 Å². The van der Waals surface area contributed by atoms with Crippen LogP contribution in [0.2, 0.25) is 0 Å². The minimum atomic E-state index is -0.355. The number of hydrogen-bond donors (Lipinski definition) is 1. The first-order valence-electron chi connectivity index (χ1n) is 7.06. The van der Waals surface area contributed by atoms with Gasteiger partial charge in [-0.1, -0.05) is 0 Å². The molecule has 0 aromatic carbocycles. The summed E-state index contributed by atoms with van der Waals surface area (Å²) in [4.78, 5) is 15.7. The van der Waals surface area contributed by atoms with Gasteiger partial charge in [-0.25, -0.2) is 9.78 Å². The second-order valence-electron chi connectivity index (χ2n) is 4.79. The van der Waals surface area contributed by atoms with E-state index in [1.54, 1.807) is 19.1 Å². The molecule has 0 amide bonds. The number of carbonyl (C=O) groups is 1. The maximum atomic E-state index is 11.5. The lowest BCUT2D eigenvalue weighted by Crippen LogP contribution is -2.09. The second-order valence-corrected chi connectivity index (χ2v) is 4.79. The van der Waals surface area contributed by atoms with Gasteiger partial charge in [-0.3, -0.25) is 0 Å². The van der Waals surface area contributed by atoms with Gasteiger partial charge in [0.2, 0.25) is 0 Å². The third-order valence-electron chi connectivity index (χ3n) is 3.39. The number of anilines is 1. The molecular weight excluding hydrogens is 270 g/mol. The molecule has 0 saturated heterocycles. The van der Waals surface area contributed by atoms with E-state index in [2.05, 4.69) is 25.1 Å². The van der Waals surface area contributed by atoms with Gasteiger partial charge in [-0.05, 0) is 25.5 Å². The van der Waals surface area contributed by atoms with Crippen molar-refractivity contribution in [3.63, 3.8) is 0 Å². The monoisotopic (exact) mass is 287 g/mol. The van der Waals surface area contributed by atoms with Gasteiger partial charge in [-0.2, -0.15) is 0 Å². The second kappa shape index (κ2) is 5.90. The molecule has 0 atom stereocenters. The average molecular weight is 287 g/mol. The summed E-state index contributed by atoms with van der Waals surface area (Å²) < 4.78 is 7.05. The molecule has 0 saturated carbocycles. The van der Waals surface area contributed by atoms with Crippen LogP contribution < -0.4 is 5.32 Å². The van der Waals surface area contributed by atoms with E-state index in [0.717, 1.165) is 31.0 Å². The molecule has 3 rings (SSSR count). The van der Waals surface area contributed by atoms with Crippen molar-refractivity contribution in [3.8, 4) is 0 Å². The maximum Gasteiger partial charge on any atom is 0.339 e. The summed E-state index contributed by atoms with van der Waals surface area (Å²) in [5, 5.41) is 11.5. The molecule has 7 heteroatoms. The Morgan fingerprint density at radius 3 is 3.10 bits per heavy atom. The molecule has 0 unspecified atom stereocenters. The molecular formula is C14H17N5O2. The normalized spacial score (nSPS) is 13.0. The molecule has 2 aromatic heterocycles. The smallest absolute Gasteiger partial charge is 0.339 e. The highest BCUT2D eigenvalue weighted by atomic mass is 16.5. The molecule has 7 nitrogen and oxygen atoms in total. The van der Waals surface area contributed by atoms with Crippen LogP contribution in [-0.4, -0.2) is 32.3 Å². The van der Waals surface area contributed by atoms with E-state index in [1.807, 2.05) is 0 Å². The van der Waals surface area contributed by atoms with Crippen molar-refractivity contribution in [2.24, 2.45) is 0 Å². The largest absolute Gasteiger partial charge is 0.462 e. The fraction of sp³-hybridized carbons (Fsp3) is 0.429. The van der Waals surface area contributed by atoms with Crippen LogP contribution in [-0.2, 0) is 24.2 Å². The summed E-state index contributed by atoms with van der Waals surface area (Å²) in [6, 6.07) is 3.45. The highest BCUT2D eigenvalue weighted by Gasteiger charge is 2.16. The summed E-state index contributed by atoms with van der Waals surface area (Å²) in [5.41, 5.74) is 0.450. The van der Waals surface area contributed by atoms with Crippen molar-refractivity contribution >= 4 is 11.8 Å². The number of nitrogens with one attached hydrogen (secondary N) is 1. The molecule has 1 N–H and O–H groups in total. The highest BCUT2D eigenvalue weighted by Crippen LogP contribution is 2.15. The Bertz CT molecular complexity index is 635. The van der Waals surface area contributed by atoms with Crippen LogP contribution >= 0.6 is 0 Å². The van der Waals surface area contributed by atoms with Gasteiger partial charge in [-0.15, -0.1) is 10.2 Å². The number of fused-ring (bicyclic) bond motifs is 1. The third-order valence-corrected chi connectivity index (χ3v) is 3.39. The molecule has 110 valence electrons. The zero-order valence-electron chi connectivity index (χ0n) is 11.9. The SMILES string of the molecule is CCOC(=O)c1ccc(NCc2nnc3n2CCC3)nc1. The number of carbonyl (C=O) groups excluding carboxylic acids is 1.